The van der Waals surface area contributed by atoms with E-state index in [2.05, 4.69) is 26.1 Å². The molecule has 0 aromatic rings. The lowest BCUT2D eigenvalue weighted by atomic mass is 9.94. The highest BCUT2D eigenvalue weighted by molar-refractivity contribution is 5.95. The Kier molecular flexibility index (Phi) is 7.03. The first kappa shape index (κ1) is 17.0. The van der Waals surface area contributed by atoms with Crippen molar-refractivity contribution < 1.29 is 9.59 Å². The highest BCUT2D eigenvalue weighted by Gasteiger charge is 2.35. The topological polar surface area (TPSA) is 49.4 Å². The van der Waals surface area contributed by atoms with Gasteiger partial charge in [-0.15, -0.1) is 0 Å². The molecule has 1 saturated heterocycles. The molecule has 3 unspecified atom stereocenters. The van der Waals surface area contributed by atoms with Crippen LogP contribution in [-0.4, -0.2) is 35.8 Å². The van der Waals surface area contributed by atoms with Gasteiger partial charge in [0.1, 0.15) is 6.04 Å². The van der Waals surface area contributed by atoms with Gasteiger partial charge in [-0.1, -0.05) is 53.4 Å². The number of carbonyl (C=O) groups is 2. The summed E-state index contributed by atoms with van der Waals surface area (Å²) in [4.78, 5) is 26.1. The Bertz CT molecular complexity index is 330. The molecule has 1 rings (SSSR count). The average Bonchev–Trinajstić information content (AvgIpc) is 2.45. The first-order valence-corrected chi connectivity index (χ1v) is 8.11. The second-order valence-corrected chi connectivity index (χ2v) is 6.07. The minimum Gasteiger partial charge on any atom is -0.342 e. The fourth-order valence-electron chi connectivity index (χ4n) is 2.73. The summed E-state index contributed by atoms with van der Waals surface area (Å²) in [6.07, 6.45) is 5.49. The van der Waals surface area contributed by atoms with E-state index in [0.717, 1.165) is 25.8 Å². The third kappa shape index (κ3) is 4.50. The SMILES string of the molecule is CCCCC(CC)CN1CC(=O)NC(C(C)CC)C1=O. The number of hydrogen-bond donors (Lipinski definition) is 1. The van der Waals surface area contributed by atoms with Crippen LogP contribution in [0.2, 0.25) is 0 Å². The lowest BCUT2D eigenvalue weighted by Gasteiger charge is -2.36. The van der Waals surface area contributed by atoms with Crippen LogP contribution in [0, 0.1) is 11.8 Å². The van der Waals surface area contributed by atoms with Crippen molar-refractivity contribution >= 4 is 11.8 Å². The molecule has 4 heteroatoms. The molecule has 3 atom stereocenters. The van der Waals surface area contributed by atoms with Gasteiger partial charge < -0.3 is 10.2 Å². The molecule has 0 spiro atoms. The third-order valence-electron chi connectivity index (χ3n) is 4.46. The fraction of sp³-hybridized carbons (Fsp3) is 0.875. The summed E-state index contributed by atoms with van der Waals surface area (Å²) in [5.74, 6) is 0.807. The van der Waals surface area contributed by atoms with Crippen molar-refractivity contribution in [1.29, 1.82) is 0 Å². The molecule has 1 N–H and O–H groups in total. The summed E-state index contributed by atoms with van der Waals surface area (Å²) < 4.78 is 0. The van der Waals surface area contributed by atoms with Crippen LogP contribution < -0.4 is 5.32 Å². The predicted molar refractivity (Wildman–Crippen MR) is 81.3 cm³/mol. The van der Waals surface area contributed by atoms with Gasteiger partial charge in [0, 0.05) is 6.54 Å². The van der Waals surface area contributed by atoms with Crippen LogP contribution in [0.5, 0.6) is 0 Å². The van der Waals surface area contributed by atoms with Gasteiger partial charge >= 0.3 is 0 Å². The molecule has 0 aliphatic carbocycles. The van der Waals surface area contributed by atoms with Crippen molar-refractivity contribution in [3.05, 3.63) is 0 Å². The number of hydrogen-bond acceptors (Lipinski definition) is 2. The number of unbranched alkanes of at least 4 members (excludes halogenated alkanes) is 1. The maximum Gasteiger partial charge on any atom is 0.245 e. The zero-order valence-corrected chi connectivity index (χ0v) is 13.4. The third-order valence-corrected chi connectivity index (χ3v) is 4.46. The van der Waals surface area contributed by atoms with Gasteiger partial charge in [0.2, 0.25) is 11.8 Å². The molecule has 0 radical (unpaired) electrons. The maximum atomic E-state index is 12.5. The summed E-state index contributed by atoms with van der Waals surface area (Å²) in [5, 5.41) is 2.85. The Labute approximate surface area is 123 Å². The minimum absolute atomic E-state index is 0.0137. The molecule has 1 fully saturated rings. The fourth-order valence-corrected chi connectivity index (χ4v) is 2.73. The van der Waals surface area contributed by atoms with E-state index in [0.29, 0.717) is 5.92 Å². The van der Waals surface area contributed by atoms with Crippen molar-refractivity contribution in [1.82, 2.24) is 10.2 Å². The predicted octanol–water partition coefficient (Wildman–Crippen LogP) is 2.58. The Morgan fingerprint density at radius 2 is 1.95 bits per heavy atom. The number of amides is 2. The van der Waals surface area contributed by atoms with E-state index in [-0.39, 0.29) is 30.3 Å². The summed E-state index contributed by atoms with van der Waals surface area (Å²) >= 11 is 0. The van der Waals surface area contributed by atoms with Crippen molar-refractivity contribution in [2.45, 2.75) is 65.8 Å². The summed E-state index contributed by atoms with van der Waals surface area (Å²) in [5.41, 5.74) is 0. The molecule has 0 aromatic heterocycles. The van der Waals surface area contributed by atoms with E-state index in [4.69, 9.17) is 0 Å². The molecule has 0 aromatic carbocycles. The van der Waals surface area contributed by atoms with Gasteiger partial charge in [-0.3, -0.25) is 9.59 Å². The van der Waals surface area contributed by atoms with E-state index in [1.165, 1.54) is 12.8 Å². The first-order chi connectivity index (χ1) is 9.53. The molecule has 4 nitrogen and oxygen atoms in total. The van der Waals surface area contributed by atoms with E-state index < -0.39 is 0 Å². The highest BCUT2D eigenvalue weighted by Crippen LogP contribution is 2.19. The number of carbonyl (C=O) groups excluding carboxylic acids is 2. The van der Waals surface area contributed by atoms with E-state index in [1.54, 1.807) is 4.90 Å². The van der Waals surface area contributed by atoms with E-state index >= 15 is 0 Å². The largest absolute Gasteiger partial charge is 0.342 e. The second kappa shape index (κ2) is 8.28. The molecule has 0 bridgehead atoms. The van der Waals surface area contributed by atoms with Crippen LogP contribution in [0.15, 0.2) is 0 Å². The zero-order chi connectivity index (χ0) is 15.1. The number of nitrogens with one attached hydrogen (secondary N) is 1. The number of nitrogens with zero attached hydrogens (tertiary/aromatic N) is 1. The van der Waals surface area contributed by atoms with Gasteiger partial charge in [-0.25, -0.2) is 0 Å². The monoisotopic (exact) mass is 282 g/mol. The Morgan fingerprint density at radius 1 is 1.25 bits per heavy atom. The average molecular weight is 282 g/mol. The van der Waals surface area contributed by atoms with Gasteiger partial charge in [0.05, 0.1) is 6.54 Å². The standard InChI is InChI=1S/C16H30N2O2/c1-5-8-9-13(7-3)10-18-11-14(19)17-15(16(18)20)12(4)6-2/h12-13,15H,5-11H2,1-4H3,(H,17,19). The Morgan fingerprint density at radius 3 is 2.50 bits per heavy atom. The van der Waals surface area contributed by atoms with Crippen molar-refractivity contribution in [2.75, 3.05) is 13.1 Å². The zero-order valence-electron chi connectivity index (χ0n) is 13.4. The van der Waals surface area contributed by atoms with Gasteiger partial charge in [-0.2, -0.15) is 0 Å². The van der Waals surface area contributed by atoms with Gasteiger partial charge in [-0.05, 0) is 18.3 Å². The van der Waals surface area contributed by atoms with Crippen LogP contribution >= 0.6 is 0 Å². The number of rotatable bonds is 8. The van der Waals surface area contributed by atoms with Gasteiger partial charge in [0.25, 0.3) is 0 Å². The summed E-state index contributed by atoms with van der Waals surface area (Å²) in [6.45, 7) is 9.40. The van der Waals surface area contributed by atoms with Crippen LogP contribution in [0.4, 0.5) is 0 Å². The lowest BCUT2D eigenvalue weighted by molar-refractivity contribution is -0.146. The molecule has 1 aliphatic heterocycles. The number of piperazine rings is 1. The quantitative estimate of drug-likeness (QED) is 0.744. The Hall–Kier alpha value is -1.06. The van der Waals surface area contributed by atoms with Crippen LogP contribution in [-0.2, 0) is 9.59 Å². The second-order valence-electron chi connectivity index (χ2n) is 6.07. The first-order valence-electron chi connectivity index (χ1n) is 8.11. The molecule has 0 saturated carbocycles. The molecule has 2 amide bonds. The summed E-state index contributed by atoms with van der Waals surface area (Å²) in [6, 6.07) is -0.329. The van der Waals surface area contributed by atoms with Crippen LogP contribution in [0.1, 0.15) is 59.8 Å². The molecule has 1 heterocycles. The highest BCUT2D eigenvalue weighted by atomic mass is 16.2. The Balaban J connectivity index is 2.67. The molecular weight excluding hydrogens is 252 g/mol. The molecule has 116 valence electrons. The smallest absolute Gasteiger partial charge is 0.245 e. The minimum atomic E-state index is -0.329. The molecule has 20 heavy (non-hydrogen) atoms. The van der Waals surface area contributed by atoms with Crippen LogP contribution in [0.3, 0.4) is 0 Å². The van der Waals surface area contributed by atoms with Crippen LogP contribution in [0.25, 0.3) is 0 Å². The molecular formula is C16H30N2O2. The normalized spacial score (nSPS) is 22.6. The van der Waals surface area contributed by atoms with E-state index in [1.807, 2.05) is 6.92 Å². The maximum absolute atomic E-state index is 12.5. The molecule has 1 aliphatic rings. The van der Waals surface area contributed by atoms with E-state index in [9.17, 15) is 9.59 Å². The van der Waals surface area contributed by atoms with Crippen molar-refractivity contribution in [3.63, 3.8) is 0 Å². The van der Waals surface area contributed by atoms with Crippen molar-refractivity contribution in [2.24, 2.45) is 11.8 Å². The summed E-state index contributed by atoms with van der Waals surface area (Å²) in [7, 11) is 0. The van der Waals surface area contributed by atoms with Crippen molar-refractivity contribution in [3.8, 4) is 0 Å². The van der Waals surface area contributed by atoms with Gasteiger partial charge in [0.15, 0.2) is 0 Å². The lowest BCUT2D eigenvalue weighted by Crippen LogP contribution is -2.60.